The van der Waals surface area contributed by atoms with Crippen LogP contribution < -0.4 is 0 Å². The van der Waals surface area contributed by atoms with E-state index in [2.05, 4.69) is 33.6 Å². The number of nitrogens with zero attached hydrogens (tertiary/aromatic N) is 3. The Bertz CT molecular complexity index is 1070. The first-order valence-corrected chi connectivity index (χ1v) is 8.35. The van der Waals surface area contributed by atoms with Crippen LogP contribution in [0.3, 0.4) is 0 Å². The maximum Gasteiger partial charge on any atom is 0.136 e. The van der Waals surface area contributed by atoms with E-state index < -0.39 is 0 Å². The summed E-state index contributed by atoms with van der Waals surface area (Å²) in [5, 5.41) is 0. The molecule has 3 heterocycles. The van der Waals surface area contributed by atoms with Crippen LogP contribution in [0.15, 0.2) is 61.1 Å². The molecule has 0 aliphatic rings. The first-order chi connectivity index (χ1) is 12.2. The largest absolute Gasteiger partial charge is 0.303 e. The Morgan fingerprint density at radius 3 is 2.68 bits per heavy atom. The fraction of sp³-hybridized carbons (Fsp3) is 0.143. The fourth-order valence-electron chi connectivity index (χ4n) is 3.11. The van der Waals surface area contributed by atoms with Crippen LogP contribution >= 0.6 is 0 Å². The molecule has 0 fully saturated rings. The van der Waals surface area contributed by atoms with Crippen LogP contribution in [0.1, 0.15) is 18.2 Å². The molecule has 0 aliphatic heterocycles. The summed E-state index contributed by atoms with van der Waals surface area (Å²) in [5.74, 6) is -0.200. The molecular weight excluding hydrogens is 313 g/mol. The van der Waals surface area contributed by atoms with Crippen LogP contribution in [0.2, 0.25) is 0 Å². The highest BCUT2D eigenvalue weighted by Gasteiger charge is 2.11. The van der Waals surface area contributed by atoms with Crippen molar-refractivity contribution in [2.75, 3.05) is 0 Å². The maximum atomic E-state index is 13.6. The SMILES string of the molecule is CCc1cnc2ccc(-c3cccnc3-c3ccc(F)c(C)c3)cn12. The Labute approximate surface area is 145 Å². The van der Waals surface area contributed by atoms with E-state index in [9.17, 15) is 4.39 Å². The Balaban J connectivity index is 1.90. The molecule has 4 rings (SSSR count). The molecule has 1 aromatic carbocycles. The standard InChI is InChI=1S/C21H18FN3/c1-3-17-12-24-20-9-7-16(13-25(17)20)18-5-4-10-23-21(18)15-6-8-19(22)14(2)11-15/h4-13H,3H2,1-2H3. The third-order valence-corrected chi connectivity index (χ3v) is 4.49. The summed E-state index contributed by atoms with van der Waals surface area (Å²) < 4.78 is 15.7. The van der Waals surface area contributed by atoms with Crippen LogP contribution in [-0.2, 0) is 6.42 Å². The van der Waals surface area contributed by atoms with Crippen molar-refractivity contribution >= 4 is 5.65 Å². The van der Waals surface area contributed by atoms with Crippen molar-refractivity contribution in [3.05, 3.63) is 78.1 Å². The summed E-state index contributed by atoms with van der Waals surface area (Å²) in [6.45, 7) is 3.89. The minimum Gasteiger partial charge on any atom is -0.303 e. The average Bonchev–Trinajstić information content (AvgIpc) is 3.06. The molecule has 3 nitrogen and oxygen atoms in total. The lowest BCUT2D eigenvalue weighted by Crippen LogP contribution is -1.94. The van der Waals surface area contributed by atoms with E-state index in [0.29, 0.717) is 5.56 Å². The van der Waals surface area contributed by atoms with Gasteiger partial charge in [0.1, 0.15) is 11.5 Å². The zero-order chi connectivity index (χ0) is 17.4. The zero-order valence-electron chi connectivity index (χ0n) is 14.2. The van der Waals surface area contributed by atoms with E-state index in [1.54, 1.807) is 19.2 Å². The van der Waals surface area contributed by atoms with Gasteiger partial charge in [0, 0.05) is 41.0 Å². The number of hydrogen-bond donors (Lipinski definition) is 0. The molecule has 0 unspecified atom stereocenters. The highest BCUT2D eigenvalue weighted by molar-refractivity contribution is 5.81. The van der Waals surface area contributed by atoms with E-state index in [-0.39, 0.29) is 5.82 Å². The number of rotatable bonds is 3. The van der Waals surface area contributed by atoms with Crippen molar-refractivity contribution in [3.63, 3.8) is 0 Å². The fourth-order valence-corrected chi connectivity index (χ4v) is 3.11. The molecule has 3 aromatic heterocycles. The second kappa shape index (κ2) is 6.13. The highest BCUT2D eigenvalue weighted by Crippen LogP contribution is 2.31. The molecule has 0 spiro atoms. The minimum absolute atomic E-state index is 0.200. The molecule has 0 atom stereocenters. The summed E-state index contributed by atoms with van der Waals surface area (Å²) >= 11 is 0. The number of hydrogen-bond acceptors (Lipinski definition) is 2. The monoisotopic (exact) mass is 331 g/mol. The number of imidazole rings is 1. The first-order valence-electron chi connectivity index (χ1n) is 8.35. The van der Waals surface area contributed by atoms with Crippen molar-refractivity contribution in [1.29, 1.82) is 0 Å². The van der Waals surface area contributed by atoms with E-state index in [0.717, 1.165) is 34.5 Å². The first kappa shape index (κ1) is 15.5. The Morgan fingerprint density at radius 2 is 1.88 bits per heavy atom. The number of pyridine rings is 2. The van der Waals surface area contributed by atoms with Crippen molar-refractivity contribution in [1.82, 2.24) is 14.4 Å². The van der Waals surface area contributed by atoms with Gasteiger partial charge in [0.25, 0.3) is 0 Å². The summed E-state index contributed by atoms with van der Waals surface area (Å²) in [7, 11) is 0. The number of benzene rings is 1. The number of fused-ring (bicyclic) bond motifs is 1. The van der Waals surface area contributed by atoms with E-state index in [1.807, 2.05) is 30.5 Å². The van der Waals surface area contributed by atoms with Crippen molar-refractivity contribution in [3.8, 4) is 22.4 Å². The molecule has 0 amide bonds. The predicted molar refractivity (Wildman–Crippen MR) is 97.9 cm³/mol. The van der Waals surface area contributed by atoms with E-state index in [4.69, 9.17) is 0 Å². The van der Waals surface area contributed by atoms with Crippen LogP contribution in [-0.4, -0.2) is 14.4 Å². The summed E-state index contributed by atoms with van der Waals surface area (Å²) in [6.07, 6.45) is 6.69. The summed E-state index contributed by atoms with van der Waals surface area (Å²) in [5.41, 5.74) is 6.56. The Kier molecular flexibility index (Phi) is 3.80. The lowest BCUT2D eigenvalue weighted by atomic mass is 9.99. The zero-order valence-corrected chi connectivity index (χ0v) is 14.2. The van der Waals surface area contributed by atoms with Crippen LogP contribution in [0.5, 0.6) is 0 Å². The molecule has 124 valence electrons. The molecule has 0 saturated heterocycles. The maximum absolute atomic E-state index is 13.6. The van der Waals surface area contributed by atoms with Gasteiger partial charge >= 0.3 is 0 Å². The third kappa shape index (κ3) is 2.70. The van der Waals surface area contributed by atoms with E-state index >= 15 is 0 Å². The van der Waals surface area contributed by atoms with Gasteiger partial charge in [-0.2, -0.15) is 0 Å². The Hall–Kier alpha value is -3.01. The minimum atomic E-state index is -0.200. The predicted octanol–water partition coefficient (Wildman–Crippen LogP) is 5.07. The molecule has 25 heavy (non-hydrogen) atoms. The molecule has 4 aromatic rings. The topological polar surface area (TPSA) is 30.2 Å². The van der Waals surface area contributed by atoms with Gasteiger partial charge in [-0.1, -0.05) is 13.0 Å². The van der Waals surface area contributed by atoms with Crippen LogP contribution in [0.25, 0.3) is 28.0 Å². The number of aryl methyl sites for hydroxylation is 2. The van der Waals surface area contributed by atoms with Crippen molar-refractivity contribution in [2.45, 2.75) is 20.3 Å². The van der Waals surface area contributed by atoms with Gasteiger partial charge in [0.2, 0.25) is 0 Å². The lowest BCUT2D eigenvalue weighted by molar-refractivity contribution is 0.619. The van der Waals surface area contributed by atoms with Gasteiger partial charge in [0.05, 0.1) is 5.69 Å². The molecule has 0 aliphatic carbocycles. The molecule has 4 heteroatoms. The molecule has 0 radical (unpaired) electrons. The van der Waals surface area contributed by atoms with Crippen LogP contribution in [0.4, 0.5) is 4.39 Å². The number of aromatic nitrogens is 3. The Morgan fingerprint density at radius 1 is 1.04 bits per heavy atom. The van der Waals surface area contributed by atoms with Gasteiger partial charge in [-0.25, -0.2) is 9.37 Å². The van der Waals surface area contributed by atoms with Gasteiger partial charge in [-0.05, 0) is 55.3 Å². The summed E-state index contributed by atoms with van der Waals surface area (Å²) in [6, 6.07) is 13.2. The van der Waals surface area contributed by atoms with Gasteiger partial charge in [0.15, 0.2) is 0 Å². The quantitative estimate of drug-likeness (QED) is 0.524. The van der Waals surface area contributed by atoms with Gasteiger partial charge in [-0.15, -0.1) is 0 Å². The average molecular weight is 331 g/mol. The molecule has 0 N–H and O–H groups in total. The van der Waals surface area contributed by atoms with Crippen molar-refractivity contribution in [2.24, 2.45) is 0 Å². The highest BCUT2D eigenvalue weighted by atomic mass is 19.1. The van der Waals surface area contributed by atoms with E-state index in [1.165, 1.54) is 11.8 Å². The third-order valence-electron chi connectivity index (χ3n) is 4.49. The smallest absolute Gasteiger partial charge is 0.136 e. The number of halogens is 1. The molecule has 0 bridgehead atoms. The van der Waals surface area contributed by atoms with Crippen molar-refractivity contribution < 1.29 is 4.39 Å². The van der Waals surface area contributed by atoms with Gasteiger partial charge in [-0.3, -0.25) is 4.98 Å². The van der Waals surface area contributed by atoms with Gasteiger partial charge < -0.3 is 4.40 Å². The lowest BCUT2D eigenvalue weighted by Gasteiger charge is -2.11. The molecule has 0 saturated carbocycles. The van der Waals surface area contributed by atoms with Crippen LogP contribution in [0, 0.1) is 12.7 Å². The summed E-state index contributed by atoms with van der Waals surface area (Å²) in [4.78, 5) is 8.99. The second-order valence-corrected chi connectivity index (χ2v) is 6.11. The molecular formula is C21H18FN3. The second-order valence-electron chi connectivity index (χ2n) is 6.11. The normalized spacial score (nSPS) is 11.2.